The van der Waals surface area contributed by atoms with E-state index >= 15 is 0 Å². The summed E-state index contributed by atoms with van der Waals surface area (Å²) in [5, 5.41) is 0. The Kier molecular flexibility index (Phi) is 2.40. The molecule has 0 aliphatic rings. The van der Waals surface area contributed by atoms with Crippen molar-refractivity contribution >= 4 is 44.0 Å². The summed E-state index contributed by atoms with van der Waals surface area (Å²) in [5.74, 6) is 0. The summed E-state index contributed by atoms with van der Waals surface area (Å²) in [6.45, 7) is 0. The van der Waals surface area contributed by atoms with Crippen LogP contribution in [0.5, 0.6) is 0 Å². The molecule has 0 fully saturated rings. The second-order valence-electron chi connectivity index (χ2n) is 1.24. The Morgan fingerprint density at radius 1 is 0.571 bits per heavy atom. The molecular weight excluding hydrogens is 302 g/mol. The van der Waals surface area contributed by atoms with Crippen LogP contribution in [0, 0.1) is 0 Å². The van der Waals surface area contributed by atoms with Gasteiger partial charge in [-0.15, -0.1) is 0 Å². The second-order valence-corrected chi connectivity index (χ2v) is 65.9. The van der Waals surface area contributed by atoms with Crippen molar-refractivity contribution in [2.75, 3.05) is 0 Å². The molecule has 0 nitrogen and oxygen atoms in total. The third-order valence-corrected chi connectivity index (χ3v) is 0. The van der Waals surface area contributed by atoms with E-state index in [1.54, 1.807) is 0 Å². The second kappa shape index (κ2) is 1.71. The maximum atomic E-state index is 5.08. The topological polar surface area (TPSA) is 0 Å². The van der Waals surface area contributed by atoms with Gasteiger partial charge in [0.25, 0.3) is 0 Å². The molecule has 7 heavy (non-hydrogen) atoms. The molecule has 0 radical (unpaired) electrons. The first-order valence-electron chi connectivity index (χ1n) is 1.31. The standard InChI is InChI=1S/6ClH.Y/h6*1H;/q;;;;;;+6/p-6. The van der Waals surface area contributed by atoms with Crippen LogP contribution in [-0.4, -0.2) is 0 Å². The Morgan fingerprint density at radius 3 is 0.571 bits per heavy atom. The van der Waals surface area contributed by atoms with Crippen LogP contribution in [0.15, 0.2) is 0 Å². The Hall–Kier alpha value is 2.84. The minimum absolute atomic E-state index is 5.08. The molecular formula is Cl6Y. The van der Waals surface area contributed by atoms with Crippen molar-refractivity contribution in [1.82, 2.24) is 0 Å². The number of hydrogen-bond acceptors (Lipinski definition) is 0. The number of halogens is 6. The molecule has 7 heteroatoms. The Balaban J connectivity index is 4.43. The molecule has 0 rings (SSSR count). The van der Waals surface area contributed by atoms with E-state index < -0.39 is 14.0 Å². The van der Waals surface area contributed by atoms with Crippen LogP contribution in [0.25, 0.3) is 0 Å². The fourth-order valence-electron chi connectivity index (χ4n) is 0. The van der Waals surface area contributed by atoms with Gasteiger partial charge in [0.1, 0.15) is 0 Å². The Labute approximate surface area is 56.4 Å². The van der Waals surface area contributed by atoms with Crippen molar-refractivity contribution < 1.29 is 14.0 Å². The molecule has 0 aliphatic heterocycles. The Morgan fingerprint density at radius 2 is 0.571 bits per heavy atom. The summed E-state index contributed by atoms with van der Waals surface area (Å²) in [7, 11) is 30.5. The molecule has 0 amide bonds. The molecule has 0 bridgehead atoms. The van der Waals surface area contributed by atoms with E-state index in [9.17, 15) is 0 Å². The van der Waals surface area contributed by atoms with E-state index in [4.69, 9.17) is 44.0 Å². The number of rotatable bonds is 0. The van der Waals surface area contributed by atoms with Gasteiger partial charge >= 0.3 is 57.9 Å². The van der Waals surface area contributed by atoms with Crippen molar-refractivity contribution in [1.29, 1.82) is 0 Å². The summed E-state index contributed by atoms with van der Waals surface area (Å²) < 4.78 is 0. The van der Waals surface area contributed by atoms with Crippen LogP contribution in [0.4, 0.5) is 0 Å². The van der Waals surface area contributed by atoms with E-state index in [2.05, 4.69) is 0 Å². The molecule has 0 heterocycles. The zero-order valence-corrected chi connectivity index (χ0v) is 10.2. The van der Waals surface area contributed by atoms with E-state index in [1.807, 2.05) is 0 Å². The van der Waals surface area contributed by atoms with Crippen LogP contribution in [-0.2, 0) is 14.0 Å². The van der Waals surface area contributed by atoms with Gasteiger partial charge in [-0.1, -0.05) is 0 Å². The molecule has 0 aromatic carbocycles. The zero-order valence-electron chi connectivity index (χ0n) is 2.85. The normalized spacial score (nSPS) is 23.1. The summed E-state index contributed by atoms with van der Waals surface area (Å²) in [4.78, 5) is 0. The van der Waals surface area contributed by atoms with Gasteiger partial charge in [0.15, 0.2) is 0 Å². The predicted octanol–water partition coefficient (Wildman–Crippen LogP) is 4.13. The molecule has 0 atom stereocenters. The summed E-state index contributed by atoms with van der Waals surface area (Å²) in [5.41, 5.74) is 0. The fraction of sp³-hybridized carbons (Fsp3) is 0. The van der Waals surface area contributed by atoms with E-state index in [0.717, 1.165) is 0 Å². The molecule has 0 aromatic heterocycles. The molecule has 0 aromatic rings. The van der Waals surface area contributed by atoms with E-state index in [0.29, 0.717) is 0 Å². The SMILES string of the molecule is [Cl][Y]([Cl])([Cl])([Cl])([Cl])[Cl]. The van der Waals surface area contributed by atoms with Gasteiger partial charge in [-0.25, -0.2) is 0 Å². The van der Waals surface area contributed by atoms with Crippen molar-refractivity contribution in [2.24, 2.45) is 0 Å². The maximum absolute atomic E-state index is 5.55. The third-order valence-electron chi connectivity index (χ3n) is 0. The first kappa shape index (κ1) is 9.84. The summed E-state index contributed by atoms with van der Waals surface area (Å²) in [6.07, 6.45) is 0. The molecule has 0 aliphatic carbocycles. The van der Waals surface area contributed by atoms with Crippen LogP contribution >= 0.6 is 44.0 Å². The Bertz CT molecular complexity index is 62.7. The molecule has 0 saturated heterocycles. The van der Waals surface area contributed by atoms with Gasteiger partial charge in [-0.3, -0.25) is 0 Å². The van der Waals surface area contributed by atoms with E-state index in [1.165, 1.54) is 0 Å². The van der Waals surface area contributed by atoms with Gasteiger partial charge in [0.05, 0.1) is 0 Å². The fourth-order valence-corrected chi connectivity index (χ4v) is 0. The van der Waals surface area contributed by atoms with Crippen LogP contribution in [0.1, 0.15) is 0 Å². The number of hydrogen-bond donors (Lipinski definition) is 0. The van der Waals surface area contributed by atoms with Crippen LogP contribution < -0.4 is 0 Å². The first-order valence-corrected chi connectivity index (χ1v) is 23.2. The van der Waals surface area contributed by atoms with Gasteiger partial charge < -0.3 is 0 Å². The minimum atomic E-state index is -5.55. The van der Waals surface area contributed by atoms with Crippen LogP contribution in [0.3, 0.4) is 0 Å². The van der Waals surface area contributed by atoms with Crippen molar-refractivity contribution in [3.05, 3.63) is 0 Å². The third kappa shape index (κ3) is 51.2. The molecule has 0 spiro atoms. The van der Waals surface area contributed by atoms with Gasteiger partial charge in [-0.2, -0.15) is 0 Å². The average molecular weight is 302 g/mol. The predicted molar refractivity (Wildman–Crippen MR) is 35.1 cm³/mol. The van der Waals surface area contributed by atoms with Gasteiger partial charge in [0, 0.05) is 0 Å². The quantitative estimate of drug-likeness (QED) is 0.631. The summed E-state index contributed by atoms with van der Waals surface area (Å²) >= 11 is -5.55. The van der Waals surface area contributed by atoms with Crippen molar-refractivity contribution in [2.45, 2.75) is 0 Å². The van der Waals surface area contributed by atoms with Gasteiger partial charge in [0.2, 0.25) is 0 Å². The zero-order chi connectivity index (χ0) is 6.41. The van der Waals surface area contributed by atoms with Gasteiger partial charge in [-0.05, 0) is 0 Å². The van der Waals surface area contributed by atoms with E-state index in [-0.39, 0.29) is 0 Å². The molecule has 0 saturated carbocycles. The average Bonchev–Trinajstić information content (AvgIpc) is 0.592. The molecule has 0 N–H and O–H groups in total. The first-order chi connectivity index (χ1) is 2.45. The van der Waals surface area contributed by atoms with Crippen molar-refractivity contribution in [3.63, 3.8) is 0 Å². The summed E-state index contributed by atoms with van der Waals surface area (Å²) in [6, 6.07) is 0. The van der Waals surface area contributed by atoms with Crippen molar-refractivity contribution in [3.8, 4) is 0 Å². The molecule has 0 unspecified atom stereocenters. The van der Waals surface area contributed by atoms with Crippen LogP contribution in [0.2, 0.25) is 0 Å². The molecule has 45 valence electrons. The monoisotopic (exact) mass is 299 g/mol.